The number of carbonyl (C=O) groups excluding carboxylic acids is 1. The molecule has 1 N–H and O–H groups in total. The van der Waals surface area contributed by atoms with Crippen molar-refractivity contribution in [2.75, 3.05) is 45.5 Å². The van der Waals surface area contributed by atoms with Crippen LogP contribution in [0.2, 0.25) is 0 Å². The molecular weight excluding hydrogens is 266 g/mol. The van der Waals surface area contributed by atoms with E-state index in [1.807, 2.05) is 0 Å². The number of piperazine rings is 1. The minimum absolute atomic E-state index is 0.168. The Bertz CT molecular complexity index is 410. The van der Waals surface area contributed by atoms with E-state index in [1.54, 1.807) is 4.90 Å². The molecule has 1 atom stereocenters. The van der Waals surface area contributed by atoms with Gasteiger partial charge in [-0.25, -0.2) is 8.42 Å². The van der Waals surface area contributed by atoms with Crippen LogP contribution in [0.1, 0.15) is 19.3 Å². The maximum atomic E-state index is 12.2. The second kappa shape index (κ2) is 6.19. The van der Waals surface area contributed by atoms with Crippen molar-refractivity contribution in [3.63, 3.8) is 0 Å². The molecule has 0 radical (unpaired) electrons. The number of nitrogens with zero attached hydrogens (tertiary/aromatic N) is 2. The van der Waals surface area contributed by atoms with Gasteiger partial charge in [0.15, 0.2) is 0 Å². The summed E-state index contributed by atoms with van der Waals surface area (Å²) in [4.78, 5) is 14.0. The summed E-state index contributed by atoms with van der Waals surface area (Å²) in [5.74, 6) is 0.607. The van der Waals surface area contributed by atoms with Crippen molar-refractivity contribution in [2.45, 2.75) is 19.3 Å². The number of amides is 1. The van der Waals surface area contributed by atoms with Crippen molar-refractivity contribution >= 4 is 15.9 Å². The van der Waals surface area contributed by atoms with E-state index in [0.29, 0.717) is 38.5 Å². The topological polar surface area (TPSA) is 69.7 Å². The molecule has 0 saturated carbocycles. The number of sulfonamides is 1. The molecule has 2 fully saturated rings. The van der Waals surface area contributed by atoms with Gasteiger partial charge in [-0.05, 0) is 31.8 Å². The van der Waals surface area contributed by atoms with Gasteiger partial charge in [-0.2, -0.15) is 4.31 Å². The fourth-order valence-electron chi connectivity index (χ4n) is 2.74. The van der Waals surface area contributed by atoms with E-state index >= 15 is 0 Å². The molecule has 1 amide bonds. The molecule has 6 nitrogen and oxygen atoms in total. The van der Waals surface area contributed by atoms with E-state index in [1.165, 1.54) is 10.6 Å². The van der Waals surface area contributed by atoms with Crippen LogP contribution in [-0.4, -0.2) is 69.1 Å². The third kappa shape index (κ3) is 4.15. The van der Waals surface area contributed by atoms with Crippen molar-refractivity contribution < 1.29 is 13.2 Å². The first-order chi connectivity index (χ1) is 8.97. The largest absolute Gasteiger partial charge is 0.340 e. The number of nitrogens with one attached hydrogen (secondary N) is 1. The third-order valence-corrected chi connectivity index (χ3v) is 5.23. The molecule has 2 saturated heterocycles. The Morgan fingerprint density at radius 2 is 1.95 bits per heavy atom. The van der Waals surface area contributed by atoms with Crippen LogP contribution in [0.15, 0.2) is 0 Å². The van der Waals surface area contributed by atoms with Gasteiger partial charge in [-0.15, -0.1) is 0 Å². The van der Waals surface area contributed by atoms with Gasteiger partial charge in [0.25, 0.3) is 0 Å². The van der Waals surface area contributed by atoms with Gasteiger partial charge in [-0.3, -0.25) is 4.79 Å². The molecular formula is C12H23N3O3S. The summed E-state index contributed by atoms with van der Waals surface area (Å²) < 4.78 is 24.2. The van der Waals surface area contributed by atoms with Crippen LogP contribution in [0, 0.1) is 5.92 Å². The SMILES string of the molecule is CS(=O)(=O)N1CCN(C(=O)CC2CCCNC2)CC1. The molecule has 2 aliphatic rings. The Labute approximate surface area is 115 Å². The molecule has 7 heteroatoms. The third-order valence-electron chi connectivity index (χ3n) is 3.92. The highest BCUT2D eigenvalue weighted by molar-refractivity contribution is 7.88. The first kappa shape index (κ1) is 14.7. The number of hydrogen-bond donors (Lipinski definition) is 1. The lowest BCUT2D eigenvalue weighted by molar-refractivity contribution is -0.133. The van der Waals surface area contributed by atoms with E-state index in [2.05, 4.69) is 5.32 Å². The summed E-state index contributed by atoms with van der Waals surface area (Å²) in [5, 5.41) is 3.31. The molecule has 0 aromatic rings. The Balaban J connectivity index is 1.79. The molecule has 0 spiro atoms. The standard InChI is InChI=1S/C12H23N3O3S/c1-19(17,18)15-7-5-14(6-8-15)12(16)9-11-3-2-4-13-10-11/h11,13H,2-10H2,1H3. The second-order valence-electron chi connectivity index (χ2n) is 5.46. The molecule has 0 aliphatic carbocycles. The number of carbonyl (C=O) groups is 1. The van der Waals surface area contributed by atoms with Gasteiger partial charge >= 0.3 is 0 Å². The van der Waals surface area contributed by atoms with Crippen LogP contribution in [0.4, 0.5) is 0 Å². The molecule has 2 rings (SSSR count). The van der Waals surface area contributed by atoms with Gasteiger partial charge in [0.2, 0.25) is 15.9 Å². The average molecular weight is 289 g/mol. The lowest BCUT2D eigenvalue weighted by Crippen LogP contribution is -2.50. The molecule has 2 aliphatic heterocycles. The predicted octanol–water partition coefficient (Wildman–Crippen LogP) is -0.520. The van der Waals surface area contributed by atoms with E-state index in [0.717, 1.165) is 25.9 Å². The van der Waals surface area contributed by atoms with E-state index in [4.69, 9.17) is 0 Å². The zero-order valence-corrected chi connectivity index (χ0v) is 12.3. The van der Waals surface area contributed by atoms with E-state index < -0.39 is 10.0 Å². The second-order valence-corrected chi connectivity index (χ2v) is 7.44. The van der Waals surface area contributed by atoms with Crippen molar-refractivity contribution in [1.29, 1.82) is 0 Å². The minimum atomic E-state index is -3.12. The van der Waals surface area contributed by atoms with Crippen LogP contribution in [0.3, 0.4) is 0 Å². The van der Waals surface area contributed by atoms with Crippen molar-refractivity contribution in [3.8, 4) is 0 Å². The highest BCUT2D eigenvalue weighted by Gasteiger charge is 2.27. The lowest BCUT2D eigenvalue weighted by Gasteiger charge is -2.34. The molecule has 1 unspecified atom stereocenters. The van der Waals surface area contributed by atoms with Crippen molar-refractivity contribution in [2.24, 2.45) is 5.92 Å². The highest BCUT2D eigenvalue weighted by atomic mass is 32.2. The Hall–Kier alpha value is -0.660. The maximum Gasteiger partial charge on any atom is 0.222 e. The monoisotopic (exact) mass is 289 g/mol. The predicted molar refractivity (Wildman–Crippen MR) is 73.2 cm³/mol. The molecule has 2 heterocycles. The number of piperidine rings is 1. The van der Waals surface area contributed by atoms with Gasteiger partial charge in [0.1, 0.15) is 0 Å². The molecule has 0 aromatic carbocycles. The fraction of sp³-hybridized carbons (Fsp3) is 0.917. The Morgan fingerprint density at radius 3 is 2.47 bits per heavy atom. The van der Waals surface area contributed by atoms with Crippen LogP contribution in [0.5, 0.6) is 0 Å². The number of hydrogen-bond acceptors (Lipinski definition) is 4. The molecule has 19 heavy (non-hydrogen) atoms. The summed E-state index contributed by atoms with van der Waals surface area (Å²) >= 11 is 0. The maximum absolute atomic E-state index is 12.2. The van der Waals surface area contributed by atoms with E-state index in [-0.39, 0.29) is 5.91 Å². The zero-order valence-electron chi connectivity index (χ0n) is 11.5. The minimum Gasteiger partial charge on any atom is -0.340 e. The first-order valence-corrected chi connectivity index (χ1v) is 8.75. The van der Waals surface area contributed by atoms with Gasteiger partial charge in [-0.1, -0.05) is 0 Å². The van der Waals surface area contributed by atoms with Crippen LogP contribution < -0.4 is 5.32 Å². The summed E-state index contributed by atoms with van der Waals surface area (Å²) in [6.45, 7) is 3.87. The van der Waals surface area contributed by atoms with Crippen LogP contribution >= 0.6 is 0 Å². The molecule has 0 bridgehead atoms. The highest BCUT2D eigenvalue weighted by Crippen LogP contribution is 2.16. The lowest BCUT2D eigenvalue weighted by atomic mass is 9.95. The summed E-state index contributed by atoms with van der Waals surface area (Å²) in [6, 6.07) is 0. The molecule has 110 valence electrons. The number of rotatable bonds is 3. The fourth-order valence-corrected chi connectivity index (χ4v) is 3.57. The smallest absolute Gasteiger partial charge is 0.222 e. The van der Waals surface area contributed by atoms with E-state index in [9.17, 15) is 13.2 Å². The van der Waals surface area contributed by atoms with Crippen molar-refractivity contribution in [3.05, 3.63) is 0 Å². The Morgan fingerprint density at radius 1 is 1.26 bits per heavy atom. The summed E-state index contributed by atoms with van der Waals surface area (Å²) in [5.41, 5.74) is 0. The van der Waals surface area contributed by atoms with Crippen molar-refractivity contribution in [1.82, 2.24) is 14.5 Å². The van der Waals surface area contributed by atoms with Crippen LogP contribution in [0.25, 0.3) is 0 Å². The van der Waals surface area contributed by atoms with Gasteiger partial charge < -0.3 is 10.2 Å². The van der Waals surface area contributed by atoms with Crippen LogP contribution in [-0.2, 0) is 14.8 Å². The Kier molecular flexibility index (Phi) is 4.81. The summed E-state index contributed by atoms with van der Waals surface area (Å²) in [6.07, 6.45) is 4.06. The molecule has 0 aromatic heterocycles. The zero-order chi connectivity index (χ0) is 13.9. The average Bonchev–Trinajstić information content (AvgIpc) is 2.39. The normalized spacial score (nSPS) is 26.4. The summed E-state index contributed by atoms with van der Waals surface area (Å²) in [7, 11) is -3.12. The van der Waals surface area contributed by atoms with Gasteiger partial charge in [0.05, 0.1) is 6.26 Å². The quantitative estimate of drug-likeness (QED) is 0.759. The first-order valence-electron chi connectivity index (χ1n) is 6.90. The van der Waals surface area contributed by atoms with Gasteiger partial charge in [0, 0.05) is 32.6 Å².